The van der Waals surface area contributed by atoms with Gasteiger partial charge in [0, 0.05) is 25.1 Å². The molecule has 0 aliphatic carbocycles. The molecule has 0 spiro atoms. The molecule has 76 valence electrons. The van der Waals surface area contributed by atoms with Gasteiger partial charge in [0.05, 0.1) is 6.61 Å². The van der Waals surface area contributed by atoms with E-state index in [-0.39, 0.29) is 23.0 Å². The van der Waals surface area contributed by atoms with Gasteiger partial charge in [-0.05, 0) is 11.6 Å². The van der Waals surface area contributed by atoms with E-state index in [1.165, 1.54) is 13.1 Å². The first kappa shape index (κ1) is 11.2. The lowest BCUT2D eigenvalue weighted by Gasteiger charge is -2.03. The van der Waals surface area contributed by atoms with Crippen molar-refractivity contribution in [1.82, 2.24) is 9.97 Å². The van der Waals surface area contributed by atoms with Gasteiger partial charge >= 0.3 is 5.97 Å². The highest BCUT2D eigenvalue weighted by atomic mass is 35.5. The van der Waals surface area contributed by atoms with E-state index in [0.29, 0.717) is 12.0 Å². The van der Waals surface area contributed by atoms with Crippen molar-refractivity contribution in [1.29, 1.82) is 0 Å². The highest BCUT2D eigenvalue weighted by Crippen LogP contribution is 2.14. The summed E-state index contributed by atoms with van der Waals surface area (Å²) < 4.78 is 4.74. The van der Waals surface area contributed by atoms with Crippen molar-refractivity contribution in [2.75, 3.05) is 6.61 Å². The average molecular weight is 235 g/mol. The molecule has 14 heavy (non-hydrogen) atoms. The second kappa shape index (κ2) is 5.12. The molecular weight excluding hydrogens is 227 g/mol. The van der Waals surface area contributed by atoms with Crippen LogP contribution in [-0.2, 0) is 16.0 Å². The van der Waals surface area contributed by atoms with Gasteiger partial charge in [0.1, 0.15) is 5.15 Å². The second-order valence-corrected chi connectivity index (χ2v) is 3.24. The molecule has 1 rings (SSSR count). The van der Waals surface area contributed by atoms with E-state index < -0.39 is 0 Å². The van der Waals surface area contributed by atoms with Crippen molar-refractivity contribution >= 4 is 29.2 Å². The number of aromatic nitrogens is 2. The Morgan fingerprint density at radius 1 is 1.57 bits per heavy atom. The van der Waals surface area contributed by atoms with Gasteiger partial charge in [0.2, 0.25) is 5.28 Å². The molecule has 0 fully saturated rings. The molecule has 0 aliphatic heterocycles. The van der Waals surface area contributed by atoms with Crippen molar-refractivity contribution in [3.8, 4) is 0 Å². The van der Waals surface area contributed by atoms with E-state index in [4.69, 9.17) is 27.9 Å². The van der Waals surface area contributed by atoms with Crippen LogP contribution in [-0.4, -0.2) is 22.5 Å². The van der Waals surface area contributed by atoms with Gasteiger partial charge in [-0.1, -0.05) is 11.6 Å². The maximum atomic E-state index is 10.5. The van der Waals surface area contributed by atoms with Crippen LogP contribution in [0.25, 0.3) is 0 Å². The monoisotopic (exact) mass is 234 g/mol. The third kappa shape index (κ3) is 3.47. The zero-order valence-electron chi connectivity index (χ0n) is 7.46. The number of rotatable bonds is 3. The summed E-state index contributed by atoms with van der Waals surface area (Å²) in [5, 5.41) is 0.392. The fraction of sp³-hybridized carbons (Fsp3) is 0.375. The molecule has 0 atom stereocenters. The van der Waals surface area contributed by atoms with Gasteiger partial charge in [-0.15, -0.1) is 0 Å². The van der Waals surface area contributed by atoms with Crippen molar-refractivity contribution < 1.29 is 9.53 Å². The van der Waals surface area contributed by atoms with E-state index >= 15 is 0 Å². The molecule has 0 aromatic carbocycles. The van der Waals surface area contributed by atoms with Gasteiger partial charge in [-0.3, -0.25) is 4.79 Å². The molecule has 0 N–H and O–H groups in total. The van der Waals surface area contributed by atoms with Gasteiger partial charge in [-0.2, -0.15) is 0 Å². The van der Waals surface area contributed by atoms with E-state index in [1.54, 1.807) is 0 Å². The molecule has 0 amide bonds. The largest absolute Gasteiger partial charge is 0.466 e. The van der Waals surface area contributed by atoms with Gasteiger partial charge in [-0.25, -0.2) is 9.97 Å². The molecule has 4 nitrogen and oxygen atoms in total. The van der Waals surface area contributed by atoms with E-state index in [0.717, 1.165) is 0 Å². The molecule has 1 heterocycles. The molecule has 0 bridgehead atoms. The van der Waals surface area contributed by atoms with E-state index in [1.807, 2.05) is 0 Å². The number of ether oxygens (including phenoxy) is 1. The topological polar surface area (TPSA) is 52.1 Å². The Morgan fingerprint density at radius 3 is 2.86 bits per heavy atom. The zero-order chi connectivity index (χ0) is 10.6. The number of nitrogens with zero attached hydrogens (tertiary/aromatic N) is 2. The van der Waals surface area contributed by atoms with Crippen LogP contribution in [0.15, 0.2) is 6.20 Å². The summed E-state index contributed by atoms with van der Waals surface area (Å²) in [6.07, 6.45) is 2.00. The zero-order valence-corrected chi connectivity index (χ0v) is 8.97. The summed E-state index contributed by atoms with van der Waals surface area (Å²) >= 11 is 11.3. The molecule has 0 radical (unpaired) electrons. The number of halogens is 2. The highest BCUT2D eigenvalue weighted by molar-refractivity contribution is 6.32. The van der Waals surface area contributed by atoms with Gasteiger partial charge in [0.15, 0.2) is 0 Å². The van der Waals surface area contributed by atoms with Crippen molar-refractivity contribution in [3.05, 3.63) is 22.2 Å². The Morgan fingerprint density at radius 2 is 2.29 bits per heavy atom. The molecule has 1 aromatic rings. The van der Waals surface area contributed by atoms with Gasteiger partial charge < -0.3 is 4.74 Å². The number of esters is 1. The lowest BCUT2D eigenvalue weighted by molar-refractivity contribution is -0.140. The van der Waals surface area contributed by atoms with Gasteiger partial charge in [0.25, 0.3) is 0 Å². The number of carbonyl (C=O) groups excluding carboxylic acids is 1. The molecule has 0 unspecified atom stereocenters. The minimum Gasteiger partial charge on any atom is -0.466 e. The Balaban J connectivity index is 2.55. The van der Waals surface area contributed by atoms with Crippen LogP contribution in [0.1, 0.15) is 12.5 Å². The van der Waals surface area contributed by atoms with E-state index in [2.05, 4.69) is 9.97 Å². The van der Waals surface area contributed by atoms with E-state index in [9.17, 15) is 4.79 Å². The molecule has 1 aromatic heterocycles. The first-order valence-electron chi connectivity index (χ1n) is 3.90. The van der Waals surface area contributed by atoms with Crippen LogP contribution < -0.4 is 0 Å². The van der Waals surface area contributed by atoms with Crippen LogP contribution in [0.5, 0.6) is 0 Å². The smallest absolute Gasteiger partial charge is 0.302 e. The maximum Gasteiger partial charge on any atom is 0.302 e. The van der Waals surface area contributed by atoms with Crippen molar-refractivity contribution in [2.45, 2.75) is 13.3 Å². The standard InChI is InChI=1S/C8H8Cl2N2O2/c1-5(13)14-3-2-6-4-11-8(10)12-7(6)9/h4H,2-3H2,1H3. The molecule has 0 aliphatic rings. The average Bonchev–Trinajstić information content (AvgIpc) is 2.08. The van der Waals surface area contributed by atoms with Crippen LogP contribution in [0.3, 0.4) is 0 Å². The van der Waals surface area contributed by atoms with Crippen LogP contribution >= 0.6 is 23.2 Å². The predicted octanol–water partition coefficient (Wildman–Crippen LogP) is 1.89. The molecule has 0 saturated carbocycles. The Bertz CT molecular complexity index is 344. The van der Waals surface area contributed by atoms with Crippen LogP contribution in [0.2, 0.25) is 10.4 Å². The van der Waals surface area contributed by atoms with Crippen molar-refractivity contribution in [2.24, 2.45) is 0 Å². The fourth-order valence-electron chi connectivity index (χ4n) is 0.839. The number of carbonyl (C=O) groups is 1. The number of hydrogen-bond acceptors (Lipinski definition) is 4. The highest BCUT2D eigenvalue weighted by Gasteiger charge is 2.04. The first-order chi connectivity index (χ1) is 6.59. The summed E-state index contributed by atoms with van der Waals surface area (Å²) in [7, 11) is 0. The summed E-state index contributed by atoms with van der Waals surface area (Å²) in [6.45, 7) is 1.61. The second-order valence-electron chi connectivity index (χ2n) is 2.55. The molecular formula is C8H8Cl2N2O2. The minimum absolute atomic E-state index is 0.103. The maximum absolute atomic E-state index is 10.5. The Kier molecular flexibility index (Phi) is 4.10. The Labute approximate surface area is 91.2 Å². The fourth-order valence-corrected chi connectivity index (χ4v) is 1.24. The lowest BCUT2D eigenvalue weighted by atomic mass is 10.2. The lowest BCUT2D eigenvalue weighted by Crippen LogP contribution is -2.04. The Hall–Kier alpha value is -0.870. The SMILES string of the molecule is CC(=O)OCCc1cnc(Cl)nc1Cl. The quantitative estimate of drug-likeness (QED) is 0.456. The van der Waals surface area contributed by atoms with Crippen LogP contribution in [0.4, 0.5) is 0 Å². The molecule has 6 heteroatoms. The van der Waals surface area contributed by atoms with Crippen LogP contribution in [0, 0.1) is 0 Å². The summed E-state index contributed by atoms with van der Waals surface area (Å²) in [5.74, 6) is -0.323. The first-order valence-corrected chi connectivity index (χ1v) is 4.65. The summed E-state index contributed by atoms with van der Waals surface area (Å²) in [6, 6.07) is 0. The van der Waals surface area contributed by atoms with Crippen molar-refractivity contribution in [3.63, 3.8) is 0 Å². The third-order valence-corrected chi connectivity index (χ3v) is 1.97. The predicted molar refractivity (Wildman–Crippen MR) is 52.4 cm³/mol. The third-order valence-electron chi connectivity index (χ3n) is 1.46. The molecule has 0 saturated heterocycles. The summed E-state index contributed by atoms with van der Waals surface area (Å²) in [4.78, 5) is 18.0. The number of hydrogen-bond donors (Lipinski definition) is 0. The minimum atomic E-state index is -0.323. The normalized spacial score (nSPS) is 9.93. The summed E-state index contributed by atoms with van der Waals surface area (Å²) in [5.41, 5.74) is 0.706.